The summed E-state index contributed by atoms with van der Waals surface area (Å²) in [6.45, 7) is 5.29. The number of hydrogen-bond acceptors (Lipinski definition) is 3. The molecule has 2 aromatic carbocycles. The molecule has 2 aromatic rings. The minimum absolute atomic E-state index is 0. The molecule has 3 nitrogen and oxygen atoms in total. The molecule has 1 aliphatic heterocycles. The van der Waals surface area contributed by atoms with Crippen molar-refractivity contribution in [2.24, 2.45) is 0 Å². The van der Waals surface area contributed by atoms with Crippen LogP contribution in [0.15, 0.2) is 54.6 Å². The van der Waals surface area contributed by atoms with Gasteiger partial charge in [-0.05, 0) is 38.8 Å². The molecule has 0 aliphatic carbocycles. The quantitative estimate of drug-likeness (QED) is 0.791. The fourth-order valence-electron chi connectivity index (χ4n) is 2.79. The van der Waals surface area contributed by atoms with Crippen LogP contribution >= 0.6 is 0 Å². The topological polar surface area (TPSA) is 38.7 Å². The fraction of sp³-hybridized carbons (Fsp3) is 0.333. The molecule has 0 radical (unpaired) electrons. The Kier molecular flexibility index (Phi) is 5.66. The van der Waals surface area contributed by atoms with Gasteiger partial charge in [0, 0.05) is 11.2 Å². The van der Waals surface area contributed by atoms with E-state index in [9.17, 15) is 5.02 Å². The van der Waals surface area contributed by atoms with Gasteiger partial charge in [0.2, 0.25) is 0 Å². The number of rotatable bonds is 2. The zero-order chi connectivity index (χ0) is 16.0. The summed E-state index contributed by atoms with van der Waals surface area (Å²) < 4.78 is 11.8. The second-order valence-electron chi connectivity index (χ2n) is 6.92. The molecule has 3 rings (SSSR count). The van der Waals surface area contributed by atoms with Crippen LogP contribution in [0.25, 0.3) is 11.1 Å². The summed E-state index contributed by atoms with van der Waals surface area (Å²) in [5, 5.41) is 10.8. The van der Waals surface area contributed by atoms with Crippen molar-refractivity contribution in [3.05, 3.63) is 54.6 Å². The van der Waals surface area contributed by atoms with Crippen LogP contribution in [-0.4, -0.2) is 23.0 Å². The summed E-state index contributed by atoms with van der Waals surface area (Å²) in [6, 6.07) is 17.8. The minimum atomic E-state index is -2.45. The van der Waals surface area contributed by atoms with Gasteiger partial charge < -0.3 is 14.3 Å². The van der Waals surface area contributed by atoms with Crippen LogP contribution in [-0.2, 0) is 9.31 Å². The molecule has 5 heteroatoms. The Bertz CT molecular complexity index is 652. The maximum absolute atomic E-state index is 10.8. The third kappa shape index (κ3) is 3.67. The molecule has 0 bridgehead atoms. The molecule has 23 heavy (non-hydrogen) atoms. The third-order valence-electron chi connectivity index (χ3n) is 4.80. The summed E-state index contributed by atoms with van der Waals surface area (Å²) in [5.74, 6) is 0. The second kappa shape index (κ2) is 6.73. The molecule has 1 heterocycles. The molecule has 1 fully saturated rings. The van der Waals surface area contributed by atoms with E-state index in [1.807, 2.05) is 70.2 Å². The van der Waals surface area contributed by atoms with Crippen LogP contribution in [0.4, 0.5) is 0 Å². The zero-order valence-corrected chi connectivity index (χ0v) is 17.7. The smallest absolute Gasteiger partial charge is 0.555 e. The molecule has 1 N–H and O–H groups in total. The van der Waals surface area contributed by atoms with Gasteiger partial charge in [0.15, 0.2) is 0 Å². The van der Waals surface area contributed by atoms with Gasteiger partial charge in [-0.15, -0.1) is 5.46 Å². The van der Waals surface area contributed by atoms with Gasteiger partial charge in [0.25, 0.3) is 0 Å². The molecule has 0 aromatic heterocycles. The van der Waals surface area contributed by atoms with E-state index in [-0.39, 0.29) is 51.4 Å². The van der Waals surface area contributed by atoms with Crippen LogP contribution in [0.3, 0.4) is 0 Å². The minimum Gasteiger partial charge on any atom is -0.555 e. The van der Waals surface area contributed by atoms with E-state index in [4.69, 9.17) is 9.31 Å². The van der Waals surface area contributed by atoms with Crippen molar-refractivity contribution in [3.8, 4) is 11.1 Å². The molecule has 0 unspecified atom stereocenters. The van der Waals surface area contributed by atoms with Crippen LogP contribution in [0, 0.1) is 0 Å². The van der Waals surface area contributed by atoms with Gasteiger partial charge >= 0.3 is 58.1 Å². The van der Waals surface area contributed by atoms with Gasteiger partial charge in [-0.3, -0.25) is 0 Å². The predicted molar refractivity (Wildman–Crippen MR) is 89.8 cm³/mol. The summed E-state index contributed by atoms with van der Waals surface area (Å²) in [5.41, 5.74) is 1.79. The van der Waals surface area contributed by atoms with Crippen molar-refractivity contribution >= 4 is 12.2 Å². The van der Waals surface area contributed by atoms with E-state index < -0.39 is 18.0 Å². The Hall–Kier alpha value is 0.0213. The Morgan fingerprint density at radius 3 is 1.65 bits per heavy atom. The van der Waals surface area contributed by atoms with Gasteiger partial charge in [-0.25, -0.2) is 0 Å². The van der Waals surface area contributed by atoms with Gasteiger partial charge in [0.05, 0.1) is 0 Å². The average molecular weight is 336 g/mol. The Morgan fingerprint density at radius 1 is 0.739 bits per heavy atom. The van der Waals surface area contributed by atoms with Crippen molar-refractivity contribution in [3.63, 3.8) is 0 Å². The molecule has 0 amide bonds. The molecule has 0 saturated carbocycles. The van der Waals surface area contributed by atoms with Crippen LogP contribution in [0.1, 0.15) is 27.7 Å². The molecule has 0 spiro atoms. The molecule has 1 saturated heterocycles. The first-order valence-corrected chi connectivity index (χ1v) is 7.66. The zero-order valence-electron chi connectivity index (χ0n) is 14.5. The normalized spacial score (nSPS) is 20.7. The van der Waals surface area contributed by atoms with Gasteiger partial charge in [-0.2, -0.15) is 0 Å². The van der Waals surface area contributed by atoms with Crippen molar-refractivity contribution in [2.75, 3.05) is 0 Å². The summed E-state index contributed by atoms with van der Waals surface area (Å²) in [4.78, 5) is 0. The van der Waals surface area contributed by atoms with Gasteiger partial charge in [-0.1, -0.05) is 54.6 Å². The maximum atomic E-state index is 10.8. The van der Waals surface area contributed by atoms with E-state index in [1.54, 1.807) is 0 Å². The first-order valence-electron chi connectivity index (χ1n) is 7.66. The van der Waals surface area contributed by atoms with E-state index in [0.29, 0.717) is 5.46 Å². The molecular weight excluding hydrogens is 314 g/mol. The average Bonchev–Trinajstić information content (AvgIpc) is 2.64. The van der Waals surface area contributed by atoms with Crippen molar-refractivity contribution in [1.29, 1.82) is 0 Å². The van der Waals surface area contributed by atoms with Crippen molar-refractivity contribution < 1.29 is 65.7 Å². The van der Waals surface area contributed by atoms with Crippen molar-refractivity contribution in [1.82, 2.24) is 0 Å². The first kappa shape index (κ1) is 19.3. The van der Waals surface area contributed by atoms with E-state index in [1.165, 1.54) is 0 Å². The number of hydrogen-bond donors (Lipinski definition) is 1. The molecule has 116 valence electrons. The monoisotopic (exact) mass is 336 g/mol. The van der Waals surface area contributed by atoms with Gasteiger partial charge in [0.1, 0.15) is 0 Å². The Labute approximate surface area is 180 Å². The summed E-state index contributed by atoms with van der Waals surface area (Å²) in [7, 11) is 0. The van der Waals surface area contributed by atoms with Crippen LogP contribution < -0.4 is 56.8 Å². The van der Waals surface area contributed by atoms with E-state index in [0.717, 1.165) is 11.1 Å². The van der Waals surface area contributed by atoms with E-state index in [2.05, 4.69) is 12.1 Å². The van der Waals surface area contributed by atoms with E-state index >= 15 is 0 Å². The molecule has 0 atom stereocenters. The van der Waals surface area contributed by atoms with Crippen molar-refractivity contribution in [2.45, 2.75) is 38.9 Å². The number of benzene rings is 2. The first-order chi connectivity index (χ1) is 10.2. The van der Waals surface area contributed by atoms with Crippen LogP contribution in [0.2, 0.25) is 0 Å². The molecular formula is C18H22BKO3. The summed E-state index contributed by atoms with van der Waals surface area (Å²) >= 11 is 0. The Balaban J connectivity index is 0.00000192. The third-order valence-corrected chi connectivity index (χ3v) is 4.80. The molecule has 1 aliphatic rings. The Morgan fingerprint density at radius 2 is 1.17 bits per heavy atom. The summed E-state index contributed by atoms with van der Waals surface area (Å²) in [6.07, 6.45) is 0. The standard InChI is InChI=1S/C18H22BO3.K/c1-17(2)18(3,4)22-19(20,21-17)16-12-10-15(11-13-16)14-8-6-5-7-9-14;/h5-13,20H,1-4H3;/q-1;+1. The SMILES string of the molecule is CC1(C)O[B-](O)(c2ccc(-c3ccccc3)cc2)OC1(C)C.[K+]. The van der Waals surface area contributed by atoms with Crippen LogP contribution in [0.5, 0.6) is 0 Å². The maximum Gasteiger partial charge on any atom is 1.00 e. The second-order valence-corrected chi connectivity index (χ2v) is 6.92. The largest absolute Gasteiger partial charge is 1.00 e. The predicted octanol–water partition coefficient (Wildman–Crippen LogP) is 0.0998. The fourth-order valence-corrected chi connectivity index (χ4v) is 2.79.